The van der Waals surface area contributed by atoms with Crippen LogP contribution in [0.15, 0.2) is 77.8 Å². The van der Waals surface area contributed by atoms with Gasteiger partial charge >= 0.3 is 18.3 Å². The summed E-state index contributed by atoms with van der Waals surface area (Å²) in [6, 6.07) is 22.7. The monoisotopic (exact) mass is 773 g/mol. The first-order chi connectivity index (χ1) is 26.2. The van der Waals surface area contributed by atoms with Gasteiger partial charge in [0, 0.05) is 25.6 Å². The zero-order chi connectivity index (χ0) is 41.1. The predicted molar refractivity (Wildman–Crippen MR) is 216 cm³/mol. The van der Waals surface area contributed by atoms with Gasteiger partial charge in [-0.1, -0.05) is 66.7 Å². The number of aliphatic imine (C=N–C) groups is 1. The van der Waals surface area contributed by atoms with E-state index in [1.54, 1.807) is 67.2 Å². The Morgan fingerprint density at radius 1 is 0.732 bits per heavy atom. The fourth-order valence-electron chi connectivity index (χ4n) is 6.21. The van der Waals surface area contributed by atoms with E-state index < -0.39 is 41.1 Å². The predicted octanol–water partition coefficient (Wildman–Crippen LogP) is 7.65. The number of fused-ring (bicyclic) bond motifs is 1. The van der Waals surface area contributed by atoms with Crippen LogP contribution in [0.1, 0.15) is 92.7 Å². The number of benzene rings is 3. The van der Waals surface area contributed by atoms with Gasteiger partial charge in [0.15, 0.2) is 0 Å². The van der Waals surface area contributed by atoms with Gasteiger partial charge in [-0.2, -0.15) is 0 Å². The average Bonchev–Trinajstić information content (AvgIpc) is 3.49. The van der Waals surface area contributed by atoms with E-state index in [1.807, 2.05) is 48.5 Å². The summed E-state index contributed by atoms with van der Waals surface area (Å²) in [5, 5.41) is 10.1. The molecule has 0 radical (unpaired) electrons. The maximum Gasteiger partial charge on any atom is 0.414 e. The van der Waals surface area contributed by atoms with Crippen molar-refractivity contribution in [3.63, 3.8) is 0 Å². The Labute approximate surface area is 330 Å². The quantitative estimate of drug-likeness (QED) is 0.0777. The highest BCUT2D eigenvalue weighted by molar-refractivity contribution is 6.01. The second-order valence-corrected chi connectivity index (χ2v) is 17.0. The van der Waals surface area contributed by atoms with Crippen LogP contribution < -0.4 is 16.0 Å². The number of guanidine groups is 1. The molecule has 1 aliphatic rings. The number of carbonyl (C=O) groups is 4. The number of carbonyl (C=O) groups excluding carboxylic acids is 4. The zero-order valence-electron chi connectivity index (χ0n) is 34.3. The van der Waals surface area contributed by atoms with Gasteiger partial charge in [-0.25, -0.2) is 14.4 Å². The second-order valence-electron chi connectivity index (χ2n) is 17.0. The highest BCUT2D eigenvalue weighted by Crippen LogP contribution is 2.27. The first-order valence-electron chi connectivity index (χ1n) is 19.2. The van der Waals surface area contributed by atoms with Gasteiger partial charge < -0.3 is 29.2 Å². The number of amides is 4. The number of rotatable bonds is 11. The molecule has 13 heteroatoms. The van der Waals surface area contributed by atoms with Crippen LogP contribution in [-0.4, -0.2) is 83.1 Å². The molecule has 1 fully saturated rings. The molecule has 3 N–H and O–H groups in total. The van der Waals surface area contributed by atoms with E-state index in [1.165, 1.54) is 0 Å². The van der Waals surface area contributed by atoms with E-state index in [0.29, 0.717) is 32.4 Å². The number of nitrogens with zero attached hydrogens (tertiary/aromatic N) is 2. The maximum atomic E-state index is 14.5. The molecule has 0 spiro atoms. The Morgan fingerprint density at radius 2 is 1.30 bits per heavy atom. The Kier molecular flexibility index (Phi) is 14.9. The molecule has 1 saturated heterocycles. The number of nitrogens with one attached hydrogen (secondary N) is 3. The molecule has 3 atom stereocenters. The minimum Gasteiger partial charge on any atom is -0.444 e. The highest BCUT2D eigenvalue weighted by Gasteiger charge is 2.39. The van der Waals surface area contributed by atoms with Crippen molar-refractivity contribution in [1.29, 1.82) is 0 Å². The molecule has 1 aliphatic heterocycles. The van der Waals surface area contributed by atoms with Crippen LogP contribution in [0, 0.1) is 0 Å². The first-order valence-corrected chi connectivity index (χ1v) is 19.2. The van der Waals surface area contributed by atoms with Gasteiger partial charge in [0.1, 0.15) is 22.8 Å². The summed E-state index contributed by atoms with van der Waals surface area (Å²) < 4.78 is 22.7. The summed E-state index contributed by atoms with van der Waals surface area (Å²) in [6.07, 6.45) is -0.662. The molecule has 1 heterocycles. The van der Waals surface area contributed by atoms with Crippen molar-refractivity contribution in [2.45, 2.75) is 130 Å². The molecule has 0 bridgehead atoms. The lowest BCUT2D eigenvalue weighted by atomic mass is 10.0. The van der Waals surface area contributed by atoms with Gasteiger partial charge in [0.25, 0.3) is 0 Å². The molecule has 0 aliphatic carbocycles. The molecule has 0 unspecified atom stereocenters. The maximum absolute atomic E-state index is 14.5. The van der Waals surface area contributed by atoms with E-state index in [9.17, 15) is 19.2 Å². The van der Waals surface area contributed by atoms with Gasteiger partial charge in [0.05, 0.1) is 12.7 Å². The third-order valence-electron chi connectivity index (χ3n) is 8.43. The highest BCUT2D eigenvalue weighted by atomic mass is 16.6. The van der Waals surface area contributed by atoms with E-state index in [-0.39, 0.29) is 37.0 Å². The lowest BCUT2D eigenvalue weighted by molar-refractivity contribution is -0.135. The summed E-state index contributed by atoms with van der Waals surface area (Å²) >= 11 is 0. The van der Waals surface area contributed by atoms with E-state index >= 15 is 0 Å². The summed E-state index contributed by atoms with van der Waals surface area (Å²) in [6.45, 7) is 16.6. The van der Waals surface area contributed by atoms with Crippen molar-refractivity contribution >= 4 is 40.9 Å². The van der Waals surface area contributed by atoms with Crippen LogP contribution in [0.4, 0.5) is 14.4 Å². The van der Waals surface area contributed by atoms with Crippen molar-refractivity contribution in [2.24, 2.45) is 4.99 Å². The third-order valence-corrected chi connectivity index (χ3v) is 8.43. The van der Waals surface area contributed by atoms with Gasteiger partial charge in [-0.05, 0) is 110 Å². The molecule has 0 saturated carbocycles. The summed E-state index contributed by atoms with van der Waals surface area (Å²) in [5.41, 5.74) is -0.390. The van der Waals surface area contributed by atoms with Gasteiger partial charge in [0.2, 0.25) is 11.9 Å². The van der Waals surface area contributed by atoms with Crippen LogP contribution in [0.25, 0.3) is 10.8 Å². The van der Waals surface area contributed by atoms with E-state index in [0.717, 1.165) is 21.9 Å². The molecule has 3 aromatic rings. The molecule has 4 rings (SSSR count). The number of likely N-dealkylation sites (tertiary alicyclic amines) is 1. The van der Waals surface area contributed by atoms with Gasteiger partial charge in [-0.3, -0.25) is 20.4 Å². The standard InChI is InChI=1S/C43H59N5O8/c1-41(2,3)54-38(50)45-35(25-29-16-11-10-12-17-29)36(49)48-27-34(53-28-30-21-22-31-18-13-14-19-32(31)24-30)26-33(48)20-15-23-44-37(46-39(51)55-42(4,5)6)47-40(52)56-43(7,8)9/h10-14,16-19,21-22,24,33-35H,15,20,23,25-28H2,1-9H3,(H,45,50)(H2,44,46,47,51,52)/t33-,34+,35+/m0/s1. The lowest BCUT2D eigenvalue weighted by Gasteiger charge is -2.30. The number of hydrogen-bond acceptors (Lipinski definition) is 9. The van der Waals surface area contributed by atoms with E-state index in [4.69, 9.17) is 18.9 Å². The molecular weight excluding hydrogens is 715 g/mol. The topological polar surface area (TPSA) is 157 Å². The van der Waals surface area contributed by atoms with Crippen LogP contribution in [0.3, 0.4) is 0 Å². The molecule has 304 valence electrons. The average molecular weight is 774 g/mol. The lowest BCUT2D eigenvalue weighted by Crippen LogP contribution is -2.52. The number of hydrogen-bond donors (Lipinski definition) is 3. The Bertz CT molecular complexity index is 1800. The number of alkyl carbamates (subject to hydrolysis) is 3. The fraction of sp³-hybridized carbons (Fsp3) is 0.512. The SMILES string of the molecule is CC(C)(C)OC(=O)NC(=NCCC[C@H]1C[C@@H](OCc2ccc3ccccc3c2)CN1C(=O)[C@@H](Cc1ccccc1)NC(=O)OC(C)(C)C)NC(=O)OC(C)(C)C. The minimum absolute atomic E-state index is 0.117. The Balaban J connectivity index is 1.53. The zero-order valence-corrected chi connectivity index (χ0v) is 34.3. The number of ether oxygens (including phenoxy) is 4. The molecule has 4 amide bonds. The van der Waals surface area contributed by atoms with E-state index in [2.05, 4.69) is 45.2 Å². The summed E-state index contributed by atoms with van der Waals surface area (Å²) in [7, 11) is 0. The Hall–Kier alpha value is -5.17. The fourth-order valence-corrected chi connectivity index (χ4v) is 6.21. The van der Waals surface area contributed by atoms with Crippen molar-refractivity contribution < 1.29 is 38.1 Å². The van der Waals surface area contributed by atoms with Crippen LogP contribution in [0.5, 0.6) is 0 Å². The largest absolute Gasteiger partial charge is 0.444 e. The molecule has 56 heavy (non-hydrogen) atoms. The summed E-state index contributed by atoms with van der Waals surface area (Å²) in [5.74, 6) is -0.363. The van der Waals surface area contributed by atoms with Crippen molar-refractivity contribution in [3.05, 3.63) is 83.9 Å². The third kappa shape index (κ3) is 15.2. The second kappa shape index (κ2) is 19.1. The molecule has 0 aromatic heterocycles. The van der Waals surface area contributed by atoms with Crippen LogP contribution >= 0.6 is 0 Å². The smallest absolute Gasteiger partial charge is 0.414 e. The van der Waals surface area contributed by atoms with Crippen molar-refractivity contribution in [2.75, 3.05) is 13.1 Å². The summed E-state index contributed by atoms with van der Waals surface area (Å²) in [4.78, 5) is 59.0. The van der Waals surface area contributed by atoms with Gasteiger partial charge in [-0.15, -0.1) is 0 Å². The molecule has 13 nitrogen and oxygen atoms in total. The Morgan fingerprint density at radius 3 is 1.91 bits per heavy atom. The minimum atomic E-state index is -0.894. The van der Waals surface area contributed by atoms with Crippen molar-refractivity contribution in [3.8, 4) is 0 Å². The normalized spacial score (nSPS) is 16.4. The first kappa shape index (κ1) is 43.6. The van der Waals surface area contributed by atoms with Crippen LogP contribution in [0.2, 0.25) is 0 Å². The molecular formula is C43H59N5O8. The molecule has 3 aromatic carbocycles. The van der Waals surface area contributed by atoms with Crippen LogP contribution in [-0.2, 0) is 36.8 Å². The van der Waals surface area contributed by atoms with Crippen molar-refractivity contribution in [1.82, 2.24) is 20.9 Å².